The van der Waals surface area contributed by atoms with E-state index in [1.807, 2.05) is 19.1 Å². The summed E-state index contributed by atoms with van der Waals surface area (Å²) in [5.74, 6) is 0. The third kappa shape index (κ3) is 2.51. The van der Waals surface area contributed by atoms with Gasteiger partial charge in [-0.05, 0) is 38.8 Å². The molecule has 3 nitrogen and oxygen atoms in total. The van der Waals surface area contributed by atoms with Gasteiger partial charge in [0.25, 0.3) is 0 Å². The van der Waals surface area contributed by atoms with E-state index in [0.717, 1.165) is 41.2 Å². The van der Waals surface area contributed by atoms with Gasteiger partial charge >= 0.3 is 0 Å². The minimum atomic E-state index is -0.718. The molecule has 1 fully saturated rings. The van der Waals surface area contributed by atoms with Gasteiger partial charge in [0.2, 0.25) is 0 Å². The Kier molecular flexibility index (Phi) is 3.63. The Morgan fingerprint density at radius 1 is 1.25 bits per heavy atom. The summed E-state index contributed by atoms with van der Waals surface area (Å²) in [5, 5.41) is 15.1. The fraction of sp³-hybridized carbons (Fsp3) is 0.438. The molecular weight excluding hydrogens is 268 g/mol. The molecule has 1 aromatic carbocycles. The number of nitrogens with zero attached hydrogens (tertiary/aromatic N) is 1. The van der Waals surface area contributed by atoms with Crippen LogP contribution in [0.1, 0.15) is 28.3 Å². The number of hydrogen-bond donors (Lipinski definition) is 2. The van der Waals surface area contributed by atoms with Crippen LogP contribution in [-0.2, 0) is 5.60 Å². The number of thiazole rings is 1. The van der Waals surface area contributed by atoms with E-state index in [-0.39, 0.29) is 0 Å². The molecule has 0 amide bonds. The van der Waals surface area contributed by atoms with Crippen molar-refractivity contribution in [3.05, 3.63) is 39.7 Å². The highest BCUT2D eigenvalue weighted by Gasteiger charge is 2.30. The van der Waals surface area contributed by atoms with E-state index in [0.29, 0.717) is 6.54 Å². The summed E-state index contributed by atoms with van der Waals surface area (Å²) >= 11 is 1.73. The average Bonchev–Trinajstić information content (AvgIpc) is 2.79. The van der Waals surface area contributed by atoms with Crippen LogP contribution < -0.4 is 5.32 Å². The largest absolute Gasteiger partial charge is 0.384 e. The molecule has 1 atom stereocenters. The van der Waals surface area contributed by atoms with Gasteiger partial charge in [0.15, 0.2) is 0 Å². The minimum absolute atomic E-state index is 0.640. The van der Waals surface area contributed by atoms with Crippen molar-refractivity contribution in [2.24, 2.45) is 0 Å². The molecule has 20 heavy (non-hydrogen) atoms. The van der Waals surface area contributed by atoms with Crippen molar-refractivity contribution >= 4 is 11.3 Å². The van der Waals surface area contributed by atoms with Gasteiger partial charge in [-0.2, -0.15) is 0 Å². The summed E-state index contributed by atoms with van der Waals surface area (Å²) in [6.07, 6.45) is 1.84. The zero-order valence-corrected chi connectivity index (χ0v) is 12.8. The van der Waals surface area contributed by atoms with Crippen LogP contribution in [-0.4, -0.2) is 23.2 Å². The maximum atomic E-state index is 10.7. The molecule has 106 valence electrons. The number of benzene rings is 1. The summed E-state index contributed by atoms with van der Waals surface area (Å²) in [4.78, 5) is 5.83. The highest BCUT2D eigenvalue weighted by atomic mass is 32.1. The second-order valence-corrected chi connectivity index (χ2v) is 6.93. The lowest BCUT2D eigenvalue weighted by molar-refractivity contribution is 0.0123. The van der Waals surface area contributed by atoms with Crippen molar-refractivity contribution in [2.45, 2.75) is 32.3 Å². The lowest BCUT2D eigenvalue weighted by Gasteiger charge is -2.33. The Morgan fingerprint density at radius 3 is 2.55 bits per heavy atom. The molecule has 4 heteroatoms. The topological polar surface area (TPSA) is 45.2 Å². The molecule has 1 saturated heterocycles. The standard InChI is InChI=1S/C16H20N2OS/c1-11-15(18-12(2)20-11)13-4-6-14(7-5-13)16(19)8-3-9-17-10-16/h4-7,17,19H,3,8-10H2,1-2H3. The van der Waals surface area contributed by atoms with Crippen molar-refractivity contribution in [1.82, 2.24) is 10.3 Å². The lowest BCUT2D eigenvalue weighted by atomic mass is 9.86. The predicted molar refractivity (Wildman–Crippen MR) is 83.0 cm³/mol. The van der Waals surface area contributed by atoms with Gasteiger partial charge in [-0.1, -0.05) is 24.3 Å². The maximum Gasteiger partial charge on any atom is 0.102 e. The zero-order chi connectivity index (χ0) is 14.2. The number of β-amino-alcohol motifs (C(OH)–C–C–N with tert-alkyl or cyclic N) is 1. The Labute approximate surface area is 123 Å². The summed E-state index contributed by atoms with van der Waals surface area (Å²) in [6.45, 7) is 5.78. The monoisotopic (exact) mass is 288 g/mol. The number of hydrogen-bond acceptors (Lipinski definition) is 4. The number of aromatic nitrogens is 1. The third-order valence-electron chi connectivity index (χ3n) is 3.96. The van der Waals surface area contributed by atoms with Gasteiger partial charge in [-0.3, -0.25) is 0 Å². The van der Waals surface area contributed by atoms with Crippen molar-refractivity contribution in [1.29, 1.82) is 0 Å². The number of aliphatic hydroxyl groups is 1. The number of piperidine rings is 1. The molecular formula is C16H20N2OS. The molecule has 0 radical (unpaired) electrons. The quantitative estimate of drug-likeness (QED) is 0.893. The highest BCUT2D eigenvalue weighted by molar-refractivity contribution is 7.11. The van der Waals surface area contributed by atoms with Crippen LogP contribution in [0.15, 0.2) is 24.3 Å². The average molecular weight is 288 g/mol. The molecule has 3 rings (SSSR count). The van der Waals surface area contributed by atoms with E-state index in [2.05, 4.69) is 29.4 Å². The SMILES string of the molecule is Cc1nc(-c2ccc(C3(O)CCCNC3)cc2)c(C)s1. The molecule has 1 aliphatic heterocycles. The third-order valence-corrected chi connectivity index (χ3v) is 4.85. The first-order valence-corrected chi connectivity index (χ1v) is 7.88. The second-order valence-electron chi connectivity index (χ2n) is 5.53. The normalized spacial score (nSPS) is 22.9. The predicted octanol–water partition coefficient (Wildman–Crippen LogP) is 3.00. The minimum Gasteiger partial charge on any atom is -0.384 e. The van der Waals surface area contributed by atoms with Crippen LogP contribution in [0.5, 0.6) is 0 Å². The van der Waals surface area contributed by atoms with Gasteiger partial charge in [-0.15, -0.1) is 11.3 Å². The fourth-order valence-electron chi connectivity index (χ4n) is 2.87. The van der Waals surface area contributed by atoms with E-state index in [1.54, 1.807) is 11.3 Å². The summed E-state index contributed by atoms with van der Waals surface area (Å²) in [7, 11) is 0. The molecule has 0 saturated carbocycles. The van der Waals surface area contributed by atoms with Gasteiger partial charge in [0, 0.05) is 17.0 Å². The van der Waals surface area contributed by atoms with Crippen LogP contribution in [0.4, 0.5) is 0 Å². The molecule has 1 unspecified atom stereocenters. The number of rotatable bonds is 2. The molecule has 1 aliphatic rings. The smallest absolute Gasteiger partial charge is 0.102 e. The van der Waals surface area contributed by atoms with E-state index in [1.165, 1.54) is 4.88 Å². The molecule has 0 spiro atoms. The number of nitrogens with one attached hydrogen (secondary N) is 1. The first-order chi connectivity index (χ1) is 9.58. The Morgan fingerprint density at radius 2 is 2.00 bits per heavy atom. The lowest BCUT2D eigenvalue weighted by Crippen LogP contribution is -2.43. The molecule has 2 aromatic rings. The van der Waals surface area contributed by atoms with Gasteiger partial charge in [0.1, 0.15) is 5.60 Å². The Balaban J connectivity index is 1.89. The van der Waals surface area contributed by atoms with Gasteiger partial charge in [-0.25, -0.2) is 4.98 Å². The molecule has 2 N–H and O–H groups in total. The summed E-state index contributed by atoms with van der Waals surface area (Å²) in [5.41, 5.74) is 2.47. The summed E-state index contributed by atoms with van der Waals surface area (Å²) in [6, 6.07) is 8.22. The van der Waals surface area contributed by atoms with Crippen LogP contribution in [0.3, 0.4) is 0 Å². The van der Waals surface area contributed by atoms with Gasteiger partial charge < -0.3 is 10.4 Å². The molecule has 0 aliphatic carbocycles. The van der Waals surface area contributed by atoms with E-state index in [9.17, 15) is 5.11 Å². The number of aryl methyl sites for hydroxylation is 2. The molecule has 1 aromatic heterocycles. The van der Waals surface area contributed by atoms with Gasteiger partial charge in [0.05, 0.1) is 10.7 Å². The fourth-order valence-corrected chi connectivity index (χ4v) is 3.71. The first-order valence-electron chi connectivity index (χ1n) is 7.06. The highest BCUT2D eigenvalue weighted by Crippen LogP contribution is 2.32. The van der Waals surface area contributed by atoms with Crippen LogP contribution in [0, 0.1) is 13.8 Å². The van der Waals surface area contributed by atoms with E-state index >= 15 is 0 Å². The zero-order valence-electron chi connectivity index (χ0n) is 11.9. The van der Waals surface area contributed by atoms with Crippen LogP contribution in [0.2, 0.25) is 0 Å². The maximum absolute atomic E-state index is 10.7. The molecule has 2 heterocycles. The van der Waals surface area contributed by atoms with E-state index in [4.69, 9.17) is 0 Å². The van der Waals surface area contributed by atoms with E-state index < -0.39 is 5.60 Å². The Hall–Kier alpha value is -1.23. The van der Waals surface area contributed by atoms with Crippen molar-refractivity contribution < 1.29 is 5.11 Å². The second kappa shape index (κ2) is 5.28. The summed E-state index contributed by atoms with van der Waals surface area (Å²) < 4.78 is 0. The molecule has 0 bridgehead atoms. The van der Waals surface area contributed by atoms with Crippen LogP contribution in [0.25, 0.3) is 11.3 Å². The van der Waals surface area contributed by atoms with Crippen LogP contribution >= 0.6 is 11.3 Å². The Bertz CT molecular complexity index is 597. The van der Waals surface area contributed by atoms with Crippen molar-refractivity contribution in [3.63, 3.8) is 0 Å². The van der Waals surface area contributed by atoms with Crippen molar-refractivity contribution in [2.75, 3.05) is 13.1 Å². The first kappa shape index (κ1) is 13.7. The van der Waals surface area contributed by atoms with Crippen molar-refractivity contribution in [3.8, 4) is 11.3 Å².